The van der Waals surface area contributed by atoms with Crippen molar-refractivity contribution >= 4 is 26.1 Å². The van der Waals surface area contributed by atoms with Crippen molar-refractivity contribution in [3.63, 3.8) is 0 Å². The van der Waals surface area contributed by atoms with Crippen LogP contribution in [0, 0.1) is 0 Å². The number of carbonyl (C=O) groups excluding carboxylic acids is 1. The van der Waals surface area contributed by atoms with Crippen LogP contribution in [0.1, 0.15) is 39.2 Å². The molecular formula is C19H28O4Si. The second kappa shape index (κ2) is 8.40. The second-order valence-corrected chi connectivity index (χ2v) is 12.3. The molecule has 5 heteroatoms. The zero-order valence-electron chi connectivity index (χ0n) is 15.2. The number of aliphatic carboxylic acids is 1. The molecule has 0 aromatic heterocycles. The van der Waals surface area contributed by atoms with Crippen LogP contribution in [0.3, 0.4) is 0 Å². The fraction of sp³-hybridized carbons (Fsp3) is 0.474. The van der Waals surface area contributed by atoms with E-state index in [-0.39, 0.29) is 23.7 Å². The minimum atomic E-state index is -2.13. The lowest BCUT2D eigenvalue weighted by atomic mass is 10.1. The Morgan fingerprint density at radius 2 is 1.75 bits per heavy atom. The lowest BCUT2D eigenvalue weighted by molar-refractivity contribution is -0.139. The normalized spacial score (nSPS) is 13.9. The quantitative estimate of drug-likeness (QED) is 0.554. The fourth-order valence-electron chi connectivity index (χ4n) is 1.99. The lowest BCUT2D eigenvalue weighted by Gasteiger charge is -2.38. The Morgan fingerprint density at radius 3 is 2.25 bits per heavy atom. The van der Waals surface area contributed by atoms with Gasteiger partial charge < -0.3 is 9.53 Å². The molecule has 1 N–H and O–H groups in total. The molecule has 132 valence electrons. The van der Waals surface area contributed by atoms with Gasteiger partial charge in [0.1, 0.15) is 0 Å². The van der Waals surface area contributed by atoms with Gasteiger partial charge in [0.25, 0.3) is 0 Å². The standard InChI is InChI=1S/C19H28O4Si/c1-19(2,3)24(4,5)23-17(14-18(21)22)13-16(20)12-11-15-9-7-6-8-10-15/h6-12,17H,13-14H2,1-5H3,(H,21,22)/b12-11+/t17-/m1/s1. The first kappa shape index (κ1) is 20.3. The molecule has 4 nitrogen and oxygen atoms in total. The van der Waals surface area contributed by atoms with Crippen LogP contribution in [-0.2, 0) is 14.0 Å². The number of benzene rings is 1. The number of hydrogen-bond donors (Lipinski definition) is 1. The Labute approximate surface area is 145 Å². The summed E-state index contributed by atoms with van der Waals surface area (Å²) >= 11 is 0. The monoisotopic (exact) mass is 348 g/mol. The maximum absolute atomic E-state index is 12.2. The average Bonchev–Trinajstić information content (AvgIpc) is 2.43. The van der Waals surface area contributed by atoms with E-state index in [1.54, 1.807) is 6.08 Å². The van der Waals surface area contributed by atoms with Crippen LogP contribution < -0.4 is 0 Å². The van der Waals surface area contributed by atoms with E-state index in [0.717, 1.165) is 5.56 Å². The Morgan fingerprint density at radius 1 is 1.17 bits per heavy atom. The van der Waals surface area contributed by atoms with E-state index in [1.807, 2.05) is 30.3 Å². The summed E-state index contributed by atoms with van der Waals surface area (Å²) in [6, 6.07) is 9.53. The predicted octanol–water partition coefficient (Wildman–Crippen LogP) is 4.52. The van der Waals surface area contributed by atoms with Crippen LogP contribution in [0.2, 0.25) is 18.1 Å². The largest absolute Gasteiger partial charge is 0.481 e. The Bertz CT molecular complexity index is 585. The second-order valence-electron chi connectivity index (χ2n) is 7.51. The minimum absolute atomic E-state index is 0.0350. The maximum Gasteiger partial charge on any atom is 0.305 e. The highest BCUT2D eigenvalue weighted by Crippen LogP contribution is 2.38. The SMILES string of the molecule is CC(C)(C)[Si](C)(C)O[C@@H](CC(=O)O)CC(=O)/C=C/c1ccccc1. The molecule has 24 heavy (non-hydrogen) atoms. The maximum atomic E-state index is 12.2. The minimum Gasteiger partial charge on any atom is -0.481 e. The van der Waals surface area contributed by atoms with E-state index in [2.05, 4.69) is 33.9 Å². The molecule has 0 fully saturated rings. The van der Waals surface area contributed by atoms with Gasteiger partial charge in [0.05, 0.1) is 12.5 Å². The summed E-state index contributed by atoms with van der Waals surface area (Å²) in [7, 11) is -2.13. The molecule has 0 spiro atoms. The molecule has 0 aliphatic carbocycles. The summed E-state index contributed by atoms with van der Waals surface area (Å²) in [6.45, 7) is 10.4. The van der Waals surface area contributed by atoms with Gasteiger partial charge in [0.15, 0.2) is 14.1 Å². The van der Waals surface area contributed by atoms with E-state index >= 15 is 0 Å². The first-order valence-electron chi connectivity index (χ1n) is 8.17. The molecule has 1 aromatic carbocycles. The zero-order valence-corrected chi connectivity index (χ0v) is 16.2. The van der Waals surface area contributed by atoms with Crippen molar-refractivity contribution in [2.24, 2.45) is 0 Å². The summed E-state index contributed by atoms with van der Waals surface area (Å²) in [4.78, 5) is 23.3. The Hall–Kier alpha value is -1.72. The number of allylic oxidation sites excluding steroid dienone is 1. The lowest BCUT2D eigenvalue weighted by Crippen LogP contribution is -2.44. The molecule has 0 saturated heterocycles. The summed E-state index contributed by atoms with van der Waals surface area (Å²) in [5.41, 5.74) is 0.936. The average molecular weight is 349 g/mol. The van der Waals surface area contributed by atoms with E-state index in [9.17, 15) is 9.59 Å². The van der Waals surface area contributed by atoms with Gasteiger partial charge in [-0.05, 0) is 29.8 Å². The van der Waals surface area contributed by atoms with Gasteiger partial charge in [-0.3, -0.25) is 9.59 Å². The molecule has 0 bridgehead atoms. The van der Waals surface area contributed by atoms with Gasteiger partial charge in [0, 0.05) is 6.42 Å². The van der Waals surface area contributed by atoms with E-state index in [1.165, 1.54) is 6.08 Å². The molecule has 0 saturated carbocycles. The summed E-state index contributed by atoms with van der Waals surface area (Å²) in [5, 5.41) is 9.08. The fourth-order valence-corrected chi connectivity index (χ4v) is 3.34. The highest BCUT2D eigenvalue weighted by molar-refractivity contribution is 6.74. The first-order chi connectivity index (χ1) is 11.0. The molecule has 1 atom stereocenters. The number of carbonyl (C=O) groups is 2. The van der Waals surface area contributed by atoms with Crippen molar-refractivity contribution < 1.29 is 19.1 Å². The van der Waals surface area contributed by atoms with Crippen molar-refractivity contribution in [1.29, 1.82) is 0 Å². The van der Waals surface area contributed by atoms with Crippen LogP contribution in [0.15, 0.2) is 36.4 Å². The van der Waals surface area contributed by atoms with Gasteiger partial charge in [-0.1, -0.05) is 57.2 Å². The van der Waals surface area contributed by atoms with E-state index < -0.39 is 20.4 Å². The van der Waals surface area contributed by atoms with Crippen LogP contribution in [0.4, 0.5) is 0 Å². The zero-order chi connectivity index (χ0) is 18.4. The molecule has 0 radical (unpaired) electrons. The molecule has 1 aromatic rings. The third kappa shape index (κ3) is 6.80. The van der Waals surface area contributed by atoms with Gasteiger partial charge in [-0.15, -0.1) is 0 Å². The van der Waals surface area contributed by atoms with Crippen molar-refractivity contribution in [2.75, 3.05) is 0 Å². The van der Waals surface area contributed by atoms with Crippen molar-refractivity contribution in [2.45, 2.75) is 57.8 Å². The highest BCUT2D eigenvalue weighted by atomic mass is 28.4. The predicted molar refractivity (Wildman–Crippen MR) is 99.4 cm³/mol. The van der Waals surface area contributed by atoms with Gasteiger partial charge in [-0.2, -0.15) is 0 Å². The summed E-state index contributed by atoms with van der Waals surface area (Å²) < 4.78 is 6.14. The first-order valence-corrected chi connectivity index (χ1v) is 11.1. The Kier molecular flexibility index (Phi) is 7.11. The third-order valence-corrected chi connectivity index (χ3v) is 8.89. The smallest absolute Gasteiger partial charge is 0.305 e. The highest BCUT2D eigenvalue weighted by Gasteiger charge is 2.39. The molecule has 1 rings (SSSR count). The number of carboxylic acids is 1. The molecule has 0 unspecified atom stereocenters. The van der Waals surface area contributed by atoms with Crippen LogP contribution in [0.5, 0.6) is 0 Å². The molecule has 0 amide bonds. The summed E-state index contributed by atoms with van der Waals surface area (Å²) in [6.07, 6.45) is 2.59. The third-order valence-electron chi connectivity index (χ3n) is 4.36. The summed E-state index contributed by atoms with van der Waals surface area (Å²) in [5.74, 6) is -1.07. The van der Waals surface area contributed by atoms with Crippen molar-refractivity contribution in [3.8, 4) is 0 Å². The molecule has 0 aliphatic heterocycles. The molecular weight excluding hydrogens is 320 g/mol. The van der Waals surface area contributed by atoms with Crippen LogP contribution in [-0.4, -0.2) is 31.3 Å². The van der Waals surface area contributed by atoms with Crippen LogP contribution >= 0.6 is 0 Å². The van der Waals surface area contributed by atoms with Gasteiger partial charge in [-0.25, -0.2) is 0 Å². The van der Waals surface area contributed by atoms with Gasteiger partial charge in [0.2, 0.25) is 0 Å². The number of hydrogen-bond acceptors (Lipinski definition) is 3. The molecule has 0 aliphatic rings. The topological polar surface area (TPSA) is 63.6 Å². The Balaban J connectivity index is 2.77. The van der Waals surface area contributed by atoms with Gasteiger partial charge >= 0.3 is 5.97 Å². The number of carboxylic acid groups (broad SMARTS) is 1. The van der Waals surface area contributed by atoms with E-state index in [4.69, 9.17) is 9.53 Å². The van der Waals surface area contributed by atoms with E-state index in [0.29, 0.717) is 0 Å². The molecule has 0 heterocycles. The van der Waals surface area contributed by atoms with Crippen molar-refractivity contribution in [3.05, 3.63) is 42.0 Å². The van der Waals surface area contributed by atoms with Crippen LogP contribution in [0.25, 0.3) is 6.08 Å². The number of ketones is 1. The number of rotatable bonds is 8. The van der Waals surface area contributed by atoms with Crippen molar-refractivity contribution in [1.82, 2.24) is 0 Å².